The first-order valence-electron chi connectivity index (χ1n) is 4.96. The Labute approximate surface area is 83.6 Å². The van der Waals surface area contributed by atoms with Crippen molar-refractivity contribution in [2.24, 2.45) is 17.8 Å². The maximum Gasteiger partial charge on any atom is 0.310 e. The Kier molecular flexibility index (Phi) is 3.49. The number of hydrogen-bond acceptors (Lipinski definition) is 4. The molecule has 0 aromatic carbocycles. The van der Waals surface area contributed by atoms with Crippen molar-refractivity contribution in [2.75, 3.05) is 13.2 Å². The Bertz CT molecular complexity index is 212. The van der Waals surface area contributed by atoms with Gasteiger partial charge in [0, 0.05) is 0 Å². The van der Waals surface area contributed by atoms with Crippen LogP contribution in [0, 0.1) is 17.8 Å². The van der Waals surface area contributed by atoms with Crippen LogP contribution >= 0.6 is 0 Å². The summed E-state index contributed by atoms with van der Waals surface area (Å²) < 4.78 is 9.70. The molecule has 0 bridgehead atoms. The number of carbonyl (C=O) groups is 2. The van der Waals surface area contributed by atoms with Gasteiger partial charge >= 0.3 is 11.9 Å². The van der Waals surface area contributed by atoms with E-state index in [0.29, 0.717) is 13.2 Å². The number of hydrogen-bond donors (Lipinski definition) is 0. The highest BCUT2D eigenvalue weighted by Gasteiger charge is 2.58. The molecule has 0 spiro atoms. The van der Waals surface area contributed by atoms with Gasteiger partial charge < -0.3 is 9.47 Å². The molecule has 14 heavy (non-hydrogen) atoms. The molecule has 0 aromatic heterocycles. The molecule has 0 saturated heterocycles. The Morgan fingerprint density at radius 3 is 1.64 bits per heavy atom. The SMILES string of the molecule is CCOC(=O)C1C(C)C1C(=O)OCC. The van der Waals surface area contributed by atoms with E-state index in [1.165, 1.54) is 0 Å². The summed E-state index contributed by atoms with van der Waals surface area (Å²) in [6, 6.07) is 0. The topological polar surface area (TPSA) is 52.6 Å². The van der Waals surface area contributed by atoms with E-state index in [4.69, 9.17) is 9.47 Å². The van der Waals surface area contributed by atoms with Crippen molar-refractivity contribution in [3.63, 3.8) is 0 Å². The molecule has 0 N–H and O–H groups in total. The number of rotatable bonds is 4. The summed E-state index contributed by atoms with van der Waals surface area (Å²) in [7, 11) is 0. The lowest BCUT2D eigenvalue weighted by Crippen LogP contribution is -2.13. The van der Waals surface area contributed by atoms with Gasteiger partial charge in [-0.3, -0.25) is 9.59 Å². The molecule has 0 heterocycles. The van der Waals surface area contributed by atoms with Crippen molar-refractivity contribution < 1.29 is 19.1 Å². The second kappa shape index (κ2) is 4.44. The minimum atomic E-state index is -0.283. The first-order valence-corrected chi connectivity index (χ1v) is 4.96. The quantitative estimate of drug-likeness (QED) is 0.635. The Balaban J connectivity index is 2.45. The Morgan fingerprint density at radius 1 is 1.00 bits per heavy atom. The highest BCUT2D eigenvalue weighted by Crippen LogP contribution is 2.47. The number of esters is 2. The third-order valence-corrected chi connectivity index (χ3v) is 2.50. The van der Waals surface area contributed by atoms with Crippen molar-refractivity contribution in [3.8, 4) is 0 Å². The van der Waals surface area contributed by atoms with Gasteiger partial charge in [-0.1, -0.05) is 6.92 Å². The predicted molar refractivity (Wildman–Crippen MR) is 49.4 cm³/mol. The molecule has 1 aliphatic rings. The van der Waals surface area contributed by atoms with Gasteiger partial charge in [-0.2, -0.15) is 0 Å². The van der Waals surface area contributed by atoms with Crippen LogP contribution in [0.4, 0.5) is 0 Å². The van der Waals surface area contributed by atoms with E-state index in [2.05, 4.69) is 0 Å². The van der Waals surface area contributed by atoms with Crippen molar-refractivity contribution in [2.45, 2.75) is 20.8 Å². The molecule has 4 nitrogen and oxygen atoms in total. The van der Waals surface area contributed by atoms with E-state index in [0.717, 1.165) is 0 Å². The third-order valence-electron chi connectivity index (χ3n) is 2.50. The van der Waals surface area contributed by atoms with E-state index < -0.39 is 0 Å². The van der Waals surface area contributed by atoms with Crippen LogP contribution in [-0.4, -0.2) is 25.2 Å². The van der Waals surface area contributed by atoms with Crippen LogP contribution in [0.5, 0.6) is 0 Å². The summed E-state index contributed by atoms with van der Waals surface area (Å²) in [4.78, 5) is 22.6. The smallest absolute Gasteiger partial charge is 0.310 e. The molecule has 0 amide bonds. The molecular weight excluding hydrogens is 184 g/mol. The zero-order valence-corrected chi connectivity index (χ0v) is 8.78. The van der Waals surface area contributed by atoms with Crippen LogP contribution in [0.3, 0.4) is 0 Å². The van der Waals surface area contributed by atoms with Gasteiger partial charge in [0.1, 0.15) is 0 Å². The highest BCUT2D eigenvalue weighted by atomic mass is 16.5. The molecule has 1 saturated carbocycles. The zero-order valence-electron chi connectivity index (χ0n) is 8.78. The van der Waals surface area contributed by atoms with E-state index in [9.17, 15) is 9.59 Å². The van der Waals surface area contributed by atoms with Gasteiger partial charge in [-0.15, -0.1) is 0 Å². The second-order valence-corrected chi connectivity index (χ2v) is 3.41. The van der Waals surface area contributed by atoms with Crippen LogP contribution in [-0.2, 0) is 19.1 Å². The van der Waals surface area contributed by atoms with Gasteiger partial charge in [0.15, 0.2) is 0 Å². The summed E-state index contributed by atoms with van der Waals surface area (Å²) in [6.07, 6.45) is 0. The van der Waals surface area contributed by atoms with Gasteiger partial charge in [0.25, 0.3) is 0 Å². The van der Waals surface area contributed by atoms with Crippen LogP contribution in [0.2, 0.25) is 0 Å². The number of carbonyl (C=O) groups excluding carboxylic acids is 2. The van der Waals surface area contributed by atoms with E-state index in [1.807, 2.05) is 6.92 Å². The summed E-state index contributed by atoms with van der Waals surface area (Å²) >= 11 is 0. The van der Waals surface area contributed by atoms with E-state index >= 15 is 0 Å². The lowest BCUT2D eigenvalue weighted by Gasteiger charge is -2.00. The van der Waals surface area contributed by atoms with E-state index in [1.54, 1.807) is 13.8 Å². The molecule has 0 radical (unpaired) electrons. The fourth-order valence-corrected chi connectivity index (χ4v) is 1.66. The summed E-state index contributed by atoms with van der Waals surface area (Å²) in [5, 5.41) is 0. The van der Waals surface area contributed by atoms with Crippen molar-refractivity contribution >= 4 is 11.9 Å². The lowest BCUT2D eigenvalue weighted by atomic mass is 10.3. The minimum absolute atomic E-state index is 0.0631. The third kappa shape index (κ3) is 2.05. The van der Waals surface area contributed by atoms with Crippen LogP contribution in [0.1, 0.15) is 20.8 Å². The van der Waals surface area contributed by atoms with Crippen LogP contribution in [0.25, 0.3) is 0 Å². The summed E-state index contributed by atoms with van der Waals surface area (Å²) in [5.74, 6) is -1.06. The zero-order chi connectivity index (χ0) is 10.7. The first-order chi connectivity index (χ1) is 6.63. The molecular formula is C10H16O4. The Hall–Kier alpha value is -1.06. The van der Waals surface area contributed by atoms with Gasteiger partial charge in [0.05, 0.1) is 25.0 Å². The second-order valence-electron chi connectivity index (χ2n) is 3.41. The fourth-order valence-electron chi connectivity index (χ4n) is 1.66. The van der Waals surface area contributed by atoms with Gasteiger partial charge in [-0.25, -0.2) is 0 Å². The molecule has 4 heteroatoms. The summed E-state index contributed by atoms with van der Waals surface area (Å²) in [5.41, 5.74) is 0. The summed E-state index contributed by atoms with van der Waals surface area (Å²) in [6.45, 7) is 6.09. The lowest BCUT2D eigenvalue weighted by molar-refractivity contribution is -0.150. The monoisotopic (exact) mass is 200 g/mol. The van der Waals surface area contributed by atoms with E-state index in [-0.39, 0.29) is 29.7 Å². The number of ether oxygens (including phenoxy) is 2. The fraction of sp³-hybridized carbons (Fsp3) is 0.800. The average Bonchev–Trinajstić information content (AvgIpc) is 2.78. The molecule has 0 aliphatic heterocycles. The average molecular weight is 200 g/mol. The van der Waals surface area contributed by atoms with Crippen molar-refractivity contribution in [1.82, 2.24) is 0 Å². The van der Waals surface area contributed by atoms with Crippen molar-refractivity contribution in [3.05, 3.63) is 0 Å². The molecule has 2 unspecified atom stereocenters. The first kappa shape index (κ1) is 11.0. The maximum absolute atomic E-state index is 11.3. The highest BCUT2D eigenvalue weighted by molar-refractivity contribution is 5.88. The predicted octanol–water partition coefficient (Wildman–Crippen LogP) is 0.995. The molecule has 1 rings (SSSR count). The van der Waals surface area contributed by atoms with Crippen LogP contribution < -0.4 is 0 Å². The standard InChI is InChI=1S/C10H16O4/c1-4-13-9(11)7-6(3)8(7)10(12)14-5-2/h6-8H,4-5H2,1-3H3. The molecule has 2 atom stereocenters. The largest absolute Gasteiger partial charge is 0.466 e. The molecule has 80 valence electrons. The van der Waals surface area contributed by atoms with Gasteiger partial charge in [0.2, 0.25) is 0 Å². The Morgan fingerprint density at radius 2 is 1.36 bits per heavy atom. The van der Waals surface area contributed by atoms with Crippen LogP contribution in [0.15, 0.2) is 0 Å². The maximum atomic E-state index is 11.3. The van der Waals surface area contributed by atoms with Gasteiger partial charge in [-0.05, 0) is 19.8 Å². The molecule has 1 fully saturated rings. The molecule has 0 aromatic rings. The minimum Gasteiger partial charge on any atom is -0.466 e. The van der Waals surface area contributed by atoms with Crippen molar-refractivity contribution in [1.29, 1.82) is 0 Å². The molecule has 1 aliphatic carbocycles. The normalized spacial score (nSPS) is 29.5.